The van der Waals surface area contributed by atoms with Gasteiger partial charge in [0.05, 0.1) is 13.2 Å². The molecule has 0 saturated carbocycles. The van der Waals surface area contributed by atoms with Crippen LogP contribution >= 0.6 is 0 Å². The highest BCUT2D eigenvalue weighted by Gasteiger charge is 2.21. The van der Waals surface area contributed by atoms with Gasteiger partial charge in [0.25, 0.3) is 0 Å². The standard InChI is InChI=1S/C19H23NO/c1-3-14-7-4-5-9-18(14)20-19-10-6-8-15-11-12-16(21-2)13-17(15)19/h4-5,7,9,11-13,19-20H,3,6,8,10H2,1-2H3. The van der Waals surface area contributed by atoms with Gasteiger partial charge >= 0.3 is 0 Å². The van der Waals surface area contributed by atoms with Crippen LogP contribution < -0.4 is 10.1 Å². The van der Waals surface area contributed by atoms with Gasteiger partial charge < -0.3 is 10.1 Å². The molecule has 0 fully saturated rings. The monoisotopic (exact) mass is 281 g/mol. The van der Waals surface area contributed by atoms with E-state index >= 15 is 0 Å². The molecule has 0 bridgehead atoms. The number of para-hydroxylation sites is 1. The van der Waals surface area contributed by atoms with Crippen molar-refractivity contribution in [2.75, 3.05) is 12.4 Å². The lowest BCUT2D eigenvalue weighted by molar-refractivity contribution is 0.413. The maximum atomic E-state index is 5.40. The lowest BCUT2D eigenvalue weighted by Crippen LogP contribution is -2.18. The second-order valence-corrected chi connectivity index (χ2v) is 5.66. The quantitative estimate of drug-likeness (QED) is 0.873. The van der Waals surface area contributed by atoms with Crippen LogP contribution in [0.5, 0.6) is 5.75 Å². The summed E-state index contributed by atoms with van der Waals surface area (Å²) < 4.78 is 5.40. The predicted molar refractivity (Wildman–Crippen MR) is 88.1 cm³/mol. The third-order valence-electron chi connectivity index (χ3n) is 4.40. The molecule has 110 valence electrons. The summed E-state index contributed by atoms with van der Waals surface area (Å²) in [5.74, 6) is 0.950. The van der Waals surface area contributed by atoms with Crippen molar-refractivity contribution in [3.63, 3.8) is 0 Å². The third kappa shape index (κ3) is 2.90. The van der Waals surface area contributed by atoms with Crippen molar-refractivity contribution in [1.82, 2.24) is 0 Å². The molecule has 0 aromatic heterocycles. The van der Waals surface area contributed by atoms with Gasteiger partial charge in [0.1, 0.15) is 5.75 Å². The highest BCUT2D eigenvalue weighted by atomic mass is 16.5. The van der Waals surface area contributed by atoms with Gasteiger partial charge in [-0.15, -0.1) is 0 Å². The maximum absolute atomic E-state index is 5.40. The van der Waals surface area contributed by atoms with E-state index in [1.165, 1.54) is 41.6 Å². The van der Waals surface area contributed by atoms with Gasteiger partial charge in [-0.2, -0.15) is 0 Å². The summed E-state index contributed by atoms with van der Waals surface area (Å²) in [7, 11) is 1.74. The Balaban J connectivity index is 1.91. The summed E-state index contributed by atoms with van der Waals surface area (Å²) in [5, 5.41) is 3.75. The van der Waals surface area contributed by atoms with Gasteiger partial charge in [0, 0.05) is 5.69 Å². The van der Waals surface area contributed by atoms with Crippen molar-refractivity contribution in [2.24, 2.45) is 0 Å². The Morgan fingerprint density at radius 1 is 1.19 bits per heavy atom. The minimum absolute atomic E-state index is 0.386. The number of ether oxygens (including phenoxy) is 1. The van der Waals surface area contributed by atoms with E-state index in [0.717, 1.165) is 12.2 Å². The molecule has 2 heteroatoms. The van der Waals surface area contributed by atoms with E-state index in [1.807, 2.05) is 0 Å². The lowest BCUT2D eigenvalue weighted by atomic mass is 9.87. The first-order chi connectivity index (χ1) is 10.3. The number of rotatable bonds is 4. The van der Waals surface area contributed by atoms with Crippen LogP contribution in [-0.4, -0.2) is 7.11 Å². The van der Waals surface area contributed by atoms with Gasteiger partial charge in [0.15, 0.2) is 0 Å². The lowest BCUT2D eigenvalue weighted by Gasteiger charge is -2.28. The number of hydrogen-bond acceptors (Lipinski definition) is 2. The first-order valence-electron chi connectivity index (χ1n) is 7.83. The van der Waals surface area contributed by atoms with Crippen LogP contribution in [0, 0.1) is 0 Å². The zero-order chi connectivity index (χ0) is 14.7. The van der Waals surface area contributed by atoms with Crippen molar-refractivity contribution in [3.8, 4) is 5.75 Å². The van der Waals surface area contributed by atoms with Crippen LogP contribution in [-0.2, 0) is 12.8 Å². The van der Waals surface area contributed by atoms with E-state index in [0.29, 0.717) is 6.04 Å². The first kappa shape index (κ1) is 14.0. The molecular weight excluding hydrogens is 258 g/mol. The van der Waals surface area contributed by atoms with Gasteiger partial charge in [-0.3, -0.25) is 0 Å². The summed E-state index contributed by atoms with van der Waals surface area (Å²) in [5.41, 5.74) is 5.49. The number of nitrogens with one attached hydrogen (secondary N) is 1. The molecule has 1 atom stereocenters. The number of anilines is 1. The predicted octanol–water partition coefficient (Wildman–Crippen LogP) is 4.75. The Hall–Kier alpha value is -1.96. The third-order valence-corrected chi connectivity index (χ3v) is 4.40. The van der Waals surface area contributed by atoms with E-state index in [4.69, 9.17) is 4.74 Å². The Bertz CT molecular complexity index is 621. The molecule has 0 heterocycles. The smallest absolute Gasteiger partial charge is 0.119 e. The SMILES string of the molecule is CCc1ccccc1NC1CCCc2ccc(OC)cc21. The Morgan fingerprint density at radius 3 is 2.86 bits per heavy atom. The molecule has 0 radical (unpaired) electrons. The summed E-state index contributed by atoms with van der Waals surface area (Å²) in [6.45, 7) is 2.21. The first-order valence-corrected chi connectivity index (χ1v) is 7.83. The van der Waals surface area contributed by atoms with E-state index in [9.17, 15) is 0 Å². The van der Waals surface area contributed by atoms with Crippen LogP contribution in [0.25, 0.3) is 0 Å². The molecule has 21 heavy (non-hydrogen) atoms. The fourth-order valence-electron chi connectivity index (χ4n) is 3.21. The highest BCUT2D eigenvalue weighted by molar-refractivity contribution is 5.54. The summed E-state index contributed by atoms with van der Waals surface area (Å²) in [6.07, 6.45) is 4.65. The van der Waals surface area contributed by atoms with Crippen molar-refractivity contribution in [3.05, 3.63) is 59.2 Å². The van der Waals surface area contributed by atoms with E-state index in [-0.39, 0.29) is 0 Å². The minimum atomic E-state index is 0.386. The molecule has 2 nitrogen and oxygen atoms in total. The topological polar surface area (TPSA) is 21.3 Å². The second kappa shape index (κ2) is 6.21. The molecule has 1 N–H and O–H groups in total. The largest absolute Gasteiger partial charge is 0.497 e. The molecule has 1 aliphatic rings. The molecule has 1 aliphatic carbocycles. The normalized spacial score (nSPS) is 17.1. The Kier molecular flexibility index (Phi) is 4.14. The van der Waals surface area contributed by atoms with Crippen molar-refractivity contribution in [2.45, 2.75) is 38.6 Å². The molecular formula is C19H23NO. The number of hydrogen-bond donors (Lipinski definition) is 1. The Labute approximate surface area is 127 Å². The zero-order valence-corrected chi connectivity index (χ0v) is 12.9. The average molecular weight is 281 g/mol. The molecule has 0 aliphatic heterocycles. The average Bonchev–Trinajstić information content (AvgIpc) is 2.55. The molecule has 3 rings (SSSR count). The molecule has 2 aromatic rings. The fraction of sp³-hybridized carbons (Fsp3) is 0.368. The molecule has 2 aromatic carbocycles. The van der Waals surface area contributed by atoms with Crippen LogP contribution in [0.15, 0.2) is 42.5 Å². The summed E-state index contributed by atoms with van der Waals surface area (Å²) in [6, 6.07) is 15.5. The minimum Gasteiger partial charge on any atom is -0.497 e. The van der Waals surface area contributed by atoms with Crippen molar-refractivity contribution in [1.29, 1.82) is 0 Å². The van der Waals surface area contributed by atoms with Crippen molar-refractivity contribution >= 4 is 5.69 Å². The second-order valence-electron chi connectivity index (χ2n) is 5.66. The van der Waals surface area contributed by atoms with Crippen LogP contribution in [0.2, 0.25) is 0 Å². The van der Waals surface area contributed by atoms with Gasteiger partial charge in [0.2, 0.25) is 0 Å². The number of fused-ring (bicyclic) bond motifs is 1. The van der Waals surface area contributed by atoms with Gasteiger partial charge in [-0.1, -0.05) is 31.2 Å². The van der Waals surface area contributed by atoms with Crippen LogP contribution in [0.3, 0.4) is 0 Å². The van der Waals surface area contributed by atoms with Gasteiger partial charge in [-0.05, 0) is 60.6 Å². The number of benzene rings is 2. The summed E-state index contributed by atoms with van der Waals surface area (Å²) in [4.78, 5) is 0. The van der Waals surface area contributed by atoms with Gasteiger partial charge in [-0.25, -0.2) is 0 Å². The zero-order valence-electron chi connectivity index (χ0n) is 12.9. The van der Waals surface area contributed by atoms with Crippen LogP contribution in [0.4, 0.5) is 5.69 Å². The number of methoxy groups -OCH3 is 1. The maximum Gasteiger partial charge on any atom is 0.119 e. The van der Waals surface area contributed by atoms with E-state index in [1.54, 1.807) is 7.11 Å². The molecule has 0 amide bonds. The summed E-state index contributed by atoms with van der Waals surface area (Å²) >= 11 is 0. The van der Waals surface area contributed by atoms with E-state index in [2.05, 4.69) is 54.7 Å². The molecule has 0 spiro atoms. The fourth-order valence-corrected chi connectivity index (χ4v) is 3.21. The number of aryl methyl sites for hydroxylation is 2. The molecule has 1 unspecified atom stereocenters. The van der Waals surface area contributed by atoms with E-state index < -0.39 is 0 Å². The van der Waals surface area contributed by atoms with Crippen molar-refractivity contribution < 1.29 is 4.74 Å². The Morgan fingerprint density at radius 2 is 2.05 bits per heavy atom. The highest BCUT2D eigenvalue weighted by Crippen LogP contribution is 2.35. The van der Waals surface area contributed by atoms with Crippen LogP contribution in [0.1, 0.15) is 42.5 Å². The molecule has 0 saturated heterocycles.